The fourth-order valence-corrected chi connectivity index (χ4v) is 1.26. The third-order valence-electron chi connectivity index (χ3n) is 2.18. The molecule has 98 valence electrons. The molecule has 1 amide bonds. The number of primary amides is 1. The van der Waals surface area contributed by atoms with Gasteiger partial charge in [-0.2, -0.15) is 4.68 Å². The molecule has 9 heteroatoms. The number of nitrogens with two attached hydrogens (primary N) is 1. The zero-order valence-electron chi connectivity index (χ0n) is 9.82. The summed E-state index contributed by atoms with van der Waals surface area (Å²) in [4.78, 5) is 32.3. The number of esters is 1. The number of rotatable bonds is 5. The van der Waals surface area contributed by atoms with E-state index in [0.717, 1.165) is 10.9 Å². The Morgan fingerprint density at radius 1 is 1.67 bits per heavy atom. The average Bonchev–Trinajstić information content (AvgIpc) is 2.73. The molecular weight excluding hydrogens is 244 g/mol. The Hall–Kier alpha value is -2.45. The molecule has 1 atom stereocenters. The molecule has 0 fully saturated rings. The third kappa shape index (κ3) is 2.62. The summed E-state index contributed by atoms with van der Waals surface area (Å²) in [5.74, 6) is -2.27. The number of nitro groups is 1. The first-order valence-electron chi connectivity index (χ1n) is 5.08. The first-order valence-corrected chi connectivity index (χ1v) is 5.08. The lowest BCUT2D eigenvalue weighted by molar-refractivity contribution is -0.390. The van der Waals surface area contributed by atoms with Crippen LogP contribution in [-0.4, -0.2) is 33.2 Å². The lowest BCUT2D eigenvalue weighted by Gasteiger charge is -2.06. The maximum Gasteiger partial charge on any atom is 0.402 e. The van der Waals surface area contributed by atoms with Gasteiger partial charge in [0.1, 0.15) is 0 Å². The van der Waals surface area contributed by atoms with Crippen LogP contribution in [0.4, 0.5) is 5.82 Å². The number of amides is 1. The second-order valence-corrected chi connectivity index (χ2v) is 3.40. The molecule has 0 aliphatic carbocycles. The van der Waals surface area contributed by atoms with Crippen molar-refractivity contribution < 1.29 is 19.2 Å². The van der Waals surface area contributed by atoms with Gasteiger partial charge < -0.3 is 20.6 Å². The van der Waals surface area contributed by atoms with Crippen molar-refractivity contribution >= 4 is 17.7 Å². The molecule has 0 radical (unpaired) electrons. The van der Waals surface area contributed by atoms with Gasteiger partial charge in [0, 0.05) is 0 Å². The highest BCUT2D eigenvalue weighted by Gasteiger charge is 2.29. The highest BCUT2D eigenvalue weighted by atomic mass is 16.6. The fourth-order valence-electron chi connectivity index (χ4n) is 1.26. The van der Waals surface area contributed by atoms with Gasteiger partial charge in [-0.05, 0) is 18.8 Å². The summed E-state index contributed by atoms with van der Waals surface area (Å²) in [6.45, 7) is 3.25. The molecule has 2 N–H and O–H groups in total. The molecule has 0 saturated heterocycles. The Kier molecular flexibility index (Phi) is 3.97. The maximum atomic E-state index is 11.4. The SMILES string of the molecule is CCOC(=O)[C@@H](C)n1cc(C(N)=O)c([N+](=O)[O-])n1. The number of carbonyl (C=O) groups excluding carboxylic acids is 2. The van der Waals surface area contributed by atoms with Crippen LogP contribution in [0.25, 0.3) is 0 Å². The number of ether oxygens (including phenoxy) is 1. The third-order valence-corrected chi connectivity index (χ3v) is 2.18. The Bertz CT molecular complexity index is 464. The first-order chi connectivity index (χ1) is 8.38. The van der Waals surface area contributed by atoms with Crippen LogP contribution in [0, 0.1) is 10.1 Å². The zero-order valence-corrected chi connectivity index (χ0v) is 9.82. The van der Waals surface area contributed by atoms with Crippen molar-refractivity contribution in [1.82, 2.24) is 9.78 Å². The molecule has 1 rings (SSSR count). The first kappa shape index (κ1) is 13.6. The van der Waals surface area contributed by atoms with E-state index in [0.29, 0.717) is 0 Å². The molecule has 0 aliphatic heterocycles. The minimum absolute atomic E-state index is 0.176. The van der Waals surface area contributed by atoms with Crippen LogP contribution < -0.4 is 5.73 Å². The summed E-state index contributed by atoms with van der Waals surface area (Å²) >= 11 is 0. The van der Waals surface area contributed by atoms with Crippen LogP contribution in [0.2, 0.25) is 0 Å². The minimum atomic E-state index is -0.982. The molecule has 0 aromatic carbocycles. The molecule has 18 heavy (non-hydrogen) atoms. The Morgan fingerprint density at radius 3 is 2.67 bits per heavy atom. The van der Waals surface area contributed by atoms with E-state index >= 15 is 0 Å². The van der Waals surface area contributed by atoms with E-state index in [1.165, 1.54) is 6.92 Å². The van der Waals surface area contributed by atoms with Crippen LogP contribution >= 0.6 is 0 Å². The van der Waals surface area contributed by atoms with Gasteiger partial charge >= 0.3 is 11.8 Å². The summed E-state index contributed by atoms with van der Waals surface area (Å²) in [5, 5.41) is 14.2. The molecular formula is C9H12N4O5. The summed E-state index contributed by atoms with van der Waals surface area (Å²) in [6.07, 6.45) is 1.06. The molecule has 9 nitrogen and oxygen atoms in total. The topological polar surface area (TPSA) is 130 Å². The van der Waals surface area contributed by atoms with E-state index in [9.17, 15) is 19.7 Å². The van der Waals surface area contributed by atoms with Crippen molar-refractivity contribution in [3.63, 3.8) is 0 Å². The predicted molar refractivity (Wildman–Crippen MR) is 58.7 cm³/mol. The maximum absolute atomic E-state index is 11.4. The smallest absolute Gasteiger partial charge is 0.402 e. The standard InChI is InChI=1S/C9H12N4O5/c1-3-18-9(15)5(2)12-4-6(7(10)14)8(11-12)13(16)17/h4-5H,3H2,1-2H3,(H2,10,14)/t5-/m1/s1. The summed E-state index contributed by atoms with van der Waals surface area (Å²) in [7, 11) is 0. The van der Waals surface area contributed by atoms with Crippen LogP contribution in [-0.2, 0) is 9.53 Å². The second-order valence-electron chi connectivity index (χ2n) is 3.40. The van der Waals surface area contributed by atoms with E-state index < -0.39 is 28.7 Å². The van der Waals surface area contributed by atoms with E-state index in [1.807, 2.05) is 0 Å². The Morgan fingerprint density at radius 2 is 2.28 bits per heavy atom. The van der Waals surface area contributed by atoms with Crippen LogP contribution in [0.5, 0.6) is 0 Å². The normalized spacial score (nSPS) is 11.9. The van der Waals surface area contributed by atoms with Gasteiger partial charge in [0.25, 0.3) is 5.91 Å². The van der Waals surface area contributed by atoms with E-state index in [2.05, 4.69) is 5.10 Å². The minimum Gasteiger partial charge on any atom is -0.464 e. The molecule has 0 bridgehead atoms. The van der Waals surface area contributed by atoms with Crippen molar-refractivity contribution in [2.24, 2.45) is 5.73 Å². The molecule has 0 saturated carbocycles. The molecule has 0 aliphatic rings. The van der Waals surface area contributed by atoms with Crippen molar-refractivity contribution in [3.05, 3.63) is 21.9 Å². The molecule has 1 aromatic rings. The van der Waals surface area contributed by atoms with Crippen molar-refractivity contribution in [2.45, 2.75) is 19.9 Å². The van der Waals surface area contributed by atoms with Crippen LogP contribution in [0.1, 0.15) is 30.2 Å². The zero-order chi connectivity index (χ0) is 13.9. The van der Waals surface area contributed by atoms with Crippen molar-refractivity contribution in [3.8, 4) is 0 Å². The average molecular weight is 256 g/mol. The molecule has 1 aromatic heterocycles. The van der Waals surface area contributed by atoms with E-state index in [-0.39, 0.29) is 12.2 Å². The lowest BCUT2D eigenvalue weighted by Crippen LogP contribution is -2.19. The van der Waals surface area contributed by atoms with Crippen molar-refractivity contribution in [1.29, 1.82) is 0 Å². The molecule has 0 spiro atoms. The number of nitrogens with zero attached hydrogens (tertiary/aromatic N) is 3. The van der Waals surface area contributed by atoms with Crippen molar-refractivity contribution in [2.75, 3.05) is 6.61 Å². The number of hydrogen-bond acceptors (Lipinski definition) is 6. The Balaban J connectivity index is 3.12. The monoisotopic (exact) mass is 256 g/mol. The number of hydrogen-bond donors (Lipinski definition) is 1. The quantitative estimate of drug-likeness (QED) is 0.448. The fraction of sp³-hybridized carbons (Fsp3) is 0.444. The van der Waals surface area contributed by atoms with E-state index in [4.69, 9.17) is 10.5 Å². The van der Waals surface area contributed by atoms with Gasteiger partial charge in [-0.15, -0.1) is 0 Å². The van der Waals surface area contributed by atoms with Gasteiger partial charge in [-0.3, -0.25) is 4.79 Å². The van der Waals surface area contributed by atoms with Crippen LogP contribution in [0.15, 0.2) is 6.20 Å². The van der Waals surface area contributed by atoms with Gasteiger partial charge in [0.05, 0.1) is 17.9 Å². The summed E-state index contributed by atoms with van der Waals surface area (Å²) in [5.41, 5.74) is 4.64. The van der Waals surface area contributed by atoms with Gasteiger partial charge in [0.15, 0.2) is 11.6 Å². The van der Waals surface area contributed by atoms with Gasteiger partial charge in [-0.1, -0.05) is 0 Å². The molecule has 1 heterocycles. The van der Waals surface area contributed by atoms with Gasteiger partial charge in [-0.25, -0.2) is 4.79 Å². The predicted octanol–water partition coefficient (Wildman–Crippen LogP) is 0.0143. The van der Waals surface area contributed by atoms with Crippen LogP contribution in [0.3, 0.4) is 0 Å². The summed E-state index contributed by atoms with van der Waals surface area (Å²) in [6, 6.07) is -0.878. The highest BCUT2D eigenvalue weighted by molar-refractivity contribution is 5.96. The molecule has 0 unspecified atom stereocenters. The second kappa shape index (κ2) is 5.25. The van der Waals surface area contributed by atoms with E-state index in [1.54, 1.807) is 6.92 Å². The number of aromatic nitrogens is 2. The Labute approximate surface area is 102 Å². The van der Waals surface area contributed by atoms with Gasteiger partial charge in [0.2, 0.25) is 0 Å². The highest BCUT2D eigenvalue weighted by Crippen LogP contribution is 2.18. The summed E-state index contributed by atoms with van der Waals surface area (Å²) < 4.78 is 5.72. The largest absolute Gasteiger partial charge is 0.464 e. The number of carbonyl (C=O) groups is 2. The lowest BCUT2D eigenvalue weighted by atomic mass is 10.3.